The molecule has 2 aromatic carbocycles. The molecule has 1 aromatic heterocycles. The molecule has 0 saturated heterocycles. The van der Waals surface area contributed by atoms with Gasteiger partial charge in [-0.3, -0.25) is 4.79 Å². The second-order valence-electron chi connectivity index (χ2n) is 6.11. The number of anilines is 3. The van der Waals surface area contributed by atoms with E-state index in [1.165, 1.54) is 27.6 Å². The number of carbonyl (C=O) groups is 1. The standard InChI is InChI=1S/C21H20ClN3O5S/c1-27-17-11-19(29-3)15(10-13(17)22)25-21(31)23-12-6-7-14(18(9-12)28-2)24-20(26)16-5-4-8-30-16/h4-11H,1-3H3,(H,24,26)(H2,23,25,31). The third-order valence-corrected chi connectivity index (χ3v) is 4.67. The van der Waals surface area contributed by atoms with Crippen molar-refractivity contribution < 1.29 is 23.4 Å². The van der Waals surface area contributed by atoms with Crippen LogP contribution in [0.3, 0.4) is 0 Å². The lowest BCUT2D eigenvalue weighted by Gasteiger charge is -2.16. The predicted molar refractivity (Wildman–Crippen MR) is 124 cm³/mol. The van der Waals surface area contributed by atoms with Gasteiger partial charge in [-0.15, -0.1) is 0 Å². The SMILES string of the molecule is COc1cc(OC)c(NC(=S)Nc2ccc(NC(=O)c3ccco3)c(OC)c2)cc1Cl. The number of amides is 1. The molecule has 1 heterocycles. The fraction of sp³-hybridized carbons (Fsp3) is 0.143. The molecular weight excluding hydrogens is 442 g/mol. The van der Waals surface area contributed by atoms with E-state index in [9.17, 15) is 4.79 Å². The van der Waals surface area contributed by atoms with Gasteiger partial charge in [0.15, 0.2) is 10.9 Å². The van der Waals surface area contributed by atoms with Crippen LogP contribution >= 0.6 is 23.8 Å². The van der Waals surface area contributed by atoms with Gasteiger partial charge in [-0.25, -0.2) is 0 Å². The van der Waals surface area contributed by atoms with Gasteiger partial charge in [-0.1, -0.05) is 11.6 Å². The molecule has 1 amide bonds. The zero-order valence-electron chi connectivity index (χ0n) is 16.9. The molecule has 0 spiro atoms. The Hall–Kier alpha value is -3.43. The lowest BCUT2D eigenvalue weighted by molar-refractivity contribution is 0.0996. The van der Waals surface area contributed by atoms with Gasteiger partial charge in [0.25, 0.3) is 5.91 Å². The van der Waals surface area contributed by atoms with E-state index >= 15 is 0 Å². The van der Waals surface area contributed by atoms with Crippen molar-refractivity contribution in [3.63, 3.8) is 0 Å². The third-order valence-electron chi connectivity index (χ3n) is 4.17. The van der Waals surface area contributed by atoms with Crippen LogP contribution in [-0.2, 0) is 0 Å². The minimum Gasteiger partial charge on any atom is -0.495 e. The molecule has 8 nitrogen and oxygen atoms in total. The second-order valence-corrected chi connectivity index (χ2v) is 6.93. The van der Waals surface area contributed by atoms with Gasteiger partial charge in [0.1, 0.15) is 17.2 Å². The number of thiocarbonyl (C=S) groups is 1. The summed E-state index contributed by atoms with van der Waals surface area (Å²) in [6, 6.07) is 11.7. The Balaban J connectivity index is 1.72. The Bertz CT molecular complexity index is 1090. The van der Waals surface area contributed by atoms with E-state index in [4.69, 9.17) is 42.4 Å². The predicted octanol–water partition coefficient (Wildman–Crippen LogP) is 5.02. The molecule has 10 heteroatoms. The van der Waals surface area contributed by atoms with Gasteiger partial charge in [0.05, 0.1) is 44.0 Å². The normalized spacial score (nSPS) is 10.2. The number of rotatable bonds is 7. The number of hydrogen-bond donors (Lipinski definition) is 3. The summed E-state index contributed by atoms with van der Waals surface area (Å²) in [6.45, 7) is 0. The van der Waals surface area contributed by atoms with E-state index in [-0.39, 0.29) is 11.7 Å². The summed E-state index contributed by atoms with van der Waals surface area (Å²) in [5, 5.41) is 9.54. The molecule has 0 bridgehead atoms. The van der Waals surface area contributed by atoms with E-state index < -0.39 is 0 Å². The van der Waals surface area contributed by atoms with Crippen molar-refractivity contribution in [1.82, 2.24) is 0 Å². The number of methoxy groups -OCH3 is 3. The van der Waals surface area contributed by atoms with E-state index in [2.05, 4.69) is 16.0 Å². The first-order valence-corrected chi connectivity index (χ1v) is 9.76. The van der Waals surface area contributed by atoms with Crippen molar-refractivity contribution in [3.05, 3.63) is 59.5 Å². The van der Waals surface area contributed by atoms with Crippen molar-refractivity contribution in [2.75, 3.05) is 37.3 Å². The van der Waals surface area contributed by atoms with Crippen LogP contribution in [0, 0.1) is 0 Å². The van der Waals surface area contributed by atoms with Crippen LogP contribution in [0.25, 0.3) is 0 Å². The van der Waals surface area contributed by atoms with Gasteiger partial charge in [-0.2, -0.15) is 0 Å². The molecule has 0 radical (unpaired) electrons. The monoisotopic (exact) mass is 461 g/mol. The Morgan fingerprint density at radius 2 is 1.61 bits per heavy atom. The zero-order valence-corrected chi connectivity index (χ0v) is 18.5. The molecule has 0 saturated carbocycles. The molecule has 0 atom stereocenters. The molecule has 0 fully saturated rings. The highest BCUT2D eigenvalue weighted by molar-refractivity contribution is 7.80. The first-order chi connectivity index (χ1) is 14.9. The van der Waals surface area contributed by atoms with Crippen LogP contribution in [-0.4, -0.2) is 32.3 Å². The highest BCUT2D eigenvalue weighted by Crippen LogP contribution is 2.36. The number of halogens is 1. The lowest BCUT2D eigenvalue weighted by Crippen LogP contribution is -2.19. The van der Waals surface area contributed by atoms with Crippen molar-refractivity contribution in [1.29, 1.82) is 0 Å². The summed E-state index contributed by atoms with van der Waals surface area (Å²) in [5.74, 6) is 1.25. The Labute approximate surface area is 189 Å². The van der Waals surface area contributed by atoms with Crippen LogP contribution in [0.5, 0.6) is 17.2 Å². The minimum absolute atomic E-state index is 0.196. The fourth-order valence-electron chi connectivity index (χ4n) is 2.71. The molecule has 0 aliphatic heterocycles. The molecular formula is C21H20ClN3O5S. The van der Waals surface area contributed by atoms with Crippen molar-refractivity contribution >= 4 is 51.9 Å². The number of hydrogen-bond acceptors (Lipinski definition) is 6. The maximum absolute atomic E-state index is 12.2. The van der Waals surface area contributed by atoms with E-state index in [0.717, 1.165) is 0 Å². The van der Waals surface area contributed by atoms with E-state index in [1.54, 1.807) is 42.5 Å². The molecule has 3 N–H and O–H groups in total. The maximum Gasteiger partial charge on any atom is 0.291 e. The maximum atomic E-state index is 12.2. The molecule has 3 rings (SSSR count). The largest absolute Gasteiger partial charge is 0.495 e. The van der Waals surface area contributed by atoms with Gasteiger partial charge in [0.2, 0.25) is 0 Å². The molecule has 0 aliphatic rings. The number of benzene rings is 2. The third kappa shape index (κ3) is 5.39. The van der Waals surface area contributed by atoms with Crippen LogP contribution in [0.1, 0.15) is 10.6 Å². The van der Waals surface area contributed by atoms with Crippen molar-refractivity contribution in [2.45, 2.75) is 0 Å². The first kappa shape index (κ1) is 22.3. The van der Waals surface area contributed by atoms with Gasteiger partial charge in [0, 0.05) is 17.8 Å². The van der Waals surface area contributed by atoms with Crippen LogP contribution < -0.4 is 30.2 Å². The molecule has 0 unspecified atom stereocenters. The smallest absolute Gasteiger partial charge is 0.291 e. The zero-order chi connectivity index (χ0) is 22.4. The average molecular weight is 462 g/mol. The summed E-state index contributed by atoms with van der Waals surface area (Å²) in [6.07, 6.45) is 1.43. The number of carbonyl (C=O) groups excluding carboxylic acids is 1. The topological polar surface area (TPSA) is 94.0 Å². The molecule has 0 aliphatic carbocycles. The van der Waals surface area contributed by atoms with Gasteiger partial charge in [-0.05, 0) is 42.5 Å². The highest BCUT2D eigenvalue weighted by Gasteiger charge is 2.14. The first-order valence-electron chi connectivity index (χ1n) is 8.97. The van der Waals surface area contributed by atoms with Crippen LogP contribution in [0.4, 0.5) is 17.1 Å². The number of nitrogens with one attached hydrogen (secondary N) is 3. The fourth-order valence-corrected chi connectivity index (χ4v) is 3.17. The Morgan fingerprint density at radius 1 is 0.903 bits per heavy atom. The van der Waals surface area contributed by atoms with Gasteiger partial charge < -0.3 is 34.6 Å². The Morgan fingerprint density at radius 3 is 2.26 bits per heavy atom. The summed E-state index contributed by atoms with van der Waals surface area (Å²) in [7, 11) is 4.56. The molecule has 3 aromatic rings. The van der Waals surface area contributed by atoms with Crippen molar-refractivity contribution in [3.8, 4) is 17.2 Å². The number of ether oxygens (including phenoxy) is 3. The highest BCUT2D eigenvalue weighted by atomic mass is 35.5. The summed E-state index contributed by atoms with van der Waals surface area (Å²) >= 11 is 11.6. The van der Waals surface area contributed by atoms with Crippen molar-refractivity contribution in [2.24, 2.45) is 0 Å². The minimum atomic E-state index is -0.385. The second kappa shape index (κ2) is 10.1. The molecule has 162 valence electrons. The van der Waals surface area contributed by atoms with Crippen LogP contribution in [0.15, 0.2) is 53.1 Å². The summed E-state index contributed by atoms with van der Waals surface area (Å²) in [4.78, 5) is 12.2. The quantitative estimate of drug-likeness (QED) is 0.422. The summed E-state index contributed by atoms with van der Waals surface area (Å²) in [5.41, 5.74) is 1.70. The summed E-state index contributed by atoms with van der Waals surface area (Å²) < 4.78 is 21.0. The van der Waals surface area contributed by atoms with Crippen LogP contribution in [0.2, 0.25) is 5.02 Å². The molecule has 31 heavy (non-hydrogen) atoms. The Kier molecular flexibility index (Phi) is 7.22. The average Bonchev–Trinajstić information content (AvgIpc) is 3.30. The lowest BCUT2D eigenvalue weighted by atomic mass is 10.2. The van der Waals surface area contributed by atoms with E-state index in [1.807, 2.05) is 0 Å². The van der Waals surface area contributed by atoms with E-state index in [0.29, 0.717) is 44.4 Å². The number of furan rings is 1. The van der Waals surface area contributed by atoms with Gasteiger partial charge >= 0.3 is 0 Å².